The maximum absolute atomic E-state index is 13.0. The summed E-state index contributed by atoms with van der Waals surface area (Å²) in [7, 11) is 0. The summed E-state index contributed by atoms with van der Waals surface area (Å²) in [5.74, 6) is -1.13. The Morgan fingerprint density at radius 1 is 1.17 bits per heavy atom. The fourth-order valence-electron chi connectivity index (χ4n) is 1.12. The first-order valence-electron chi connectivity index (χ1n) is 3.46. The number of pyridine rings is 1. The lowest BCUT2D eigenvalue weighted by Crippen LogP contribution is -1.83. The van der Waals surface area contributed by atoms with Crippen LogP contribution < -0.4 is 0 Å². The molecule has 12 heavy (non-hydrogen) atoms. The predicted octanol–water partition coefficient (Wildman–Crippen LogP) is 2.51. The molecule has 0 N–H and O–H groups in total. The van der Waals surface area contributed by atoms with Crippen molar-refractivity contribution in [3.63, 3.8) is 0 Å². The standard InChI is InChI=1S/C9H5F2N/c10-7-3-6-1-2-12-5-8(6)9(11)4-7/h1-5H. The van der Waals surface area contributed by atoms with Crippen molar-refractivity contribution < 1.29 is 8.78 Å². The van der Waals surface area contributed by atoms with Crippen molar-refractivity contribution in [2.45, 2.75) is 0 Å². The lowest BCUT2D eigenvalue weighted by atomic mass is 10.2. The maximum Gasteiger partial charge on any atom is 0.135 e. The fourth-order valence-corrected chi connectivity index (χ4v) is 1.12. The van der Waals surface area contributed by atoms with Gasteiger partial charge in [0, 0.05) is 23.8 Å². The number of rotatable bonds is 0. The molecule has 1 nitrogen and oxygen atoms in total. The molecule has 0 unspecified atom stereocenters. The molecule has 0 atom stereocenters. The van der Waals surface area contributed by atoms with E-state index in [1.165, 1.54) is 18.5 Å². The van der Waals surface area contributed by atoms with Gasteiger partial charge in [-0.15, -0.1) is 0 Å². The van der Waals surface area contributed by atoms with E-state index in [1.807, 2.05) is 0 Å². The average molecular weight is 165 g/mol. The highest BCUT2D eigenvalue weighted by molar-refractivity contribution is 5.81. The smallest absolute Gasteiger partial charge is 0.135 e. The molecule has 0 aliphatic heterocycles. The van der Waals surface area contributed by atoms with Crippen LogP contribution in [-0.2, 0) is 0 Å². The van der Waals surface area contributed by atoms with Gasteiger partial charge >= 0.3 is 0 Å². The largest absolute Gasteiger partial charge is 0.264 e. The van der Waals surface area contributed by atoms with E-state index in [9.17, 15) is 8.78 Å². The predicted molar refractivity (Wildman–Crippen MR) is 41.7 cm³/mol. The monoisotopic (exact) mass is 165 g/mol. The van der Waals surface area contributed by atoms with Crippen LogP contribution in [0.3, 0.4) is 0 Å². The molecule has 0 saturated heterocycles. The molecule has 0 bridgehead atoms. The molecule has 0 radical (unpaired) electrons. The Hall–Kier alpha value is -1.51. The second-order valence-electron chi connectivity index (χ2n) is 2.48. The van der Waals surface area contributed by atoms with Crippen LogP contribution in [0, 0.1) is 11.6 Å². The minimum Gasteiger partial charge on any atom is -0.264 e. The summed E-state index contributed by atoms with van der Waals surface area (Å²) in [4.78, 5) is 3.74. The van der Waals surface area contributed by atoms with Crippen molar-refractivity contribution in [2.75, 3.05) is 0 Å². The lowest BCUT2D eigenvalue weighted by Gasteiger charge is -1.97. The molecule has 2 aromatic rings. The summed E-state index contributed by atoms with van der Waals surface area (Å²) in [6.07, 6.45) is 2.88. The number of nitrogens with zero attached hydrogens (tertiary/aromatic N) is 1. The minimum atomic E-state index is -0.571. The van der Waals surface area contributed by atoms with Gasteiger partial charge < -0.3 is 0 Å². The normalized spacial score (nSPS) is 10.5. The molecule has 0 fully saturated rings. The van der Waals surface area contributed by atoms with Crippen LogP contribution in [0.25, 0.3) is 10.8 Å². The van der Waals surface area contributed by atoms with Gasteiger partial charge in [-0.05, 0) is 17.5 Å². The van der Waals surface area contributed by atoms with Gasteiger partial charge in [0.2, 0.25) is 0 Å². The van der Waals surface area contributed by atoms with Crippen LogP contribution >= 0.6 is 0 Å². The molecule has 1 aromatic carbocycles. The summed E-state index contributed by atoms with van der Waals surface area (Å²) < 4.78 is 25.6. The zero-order valence-corrected chi connectivity index (χ0v) is 6.09. The highest BCUT2D eigenvalue weighted by Gasteiger charge is 2.02. The zero-order chi connectivity index (χ0) is 8.55. The van der Waals surface area contributed by atoms with E-state index in [1.54, 1.807) is 6.07 Å². The van der Waals surface area contributed by atoms with Crippen molar-refractivity contribution in [2.24, 2.45) is 0 Å². The Balaban J connectivity index is 2.89. The molecule has 3 heteroatoms. The minimum absolute atomic E-state index is 0.346. The number of hydrogen-bond acceptors (Lipinski definition) is 1. The van der Waals surface area contributed by atoms with Crippen molar-refractivity contribution in [1.29, 1.82) is 0 Å². The third-order valence-corrected chi connectivity index (χ3v) is 1.67. The highest BCUT2D eigenvalue weighted by Crippen LogP contribution is 2.17. The molecular weight excluding hydrogens is 160 g/mol. The van der Waals surface area contributed by atoms with E-state index < -0.39 is 11.6 Å². The molecule has 0 aliphatic rings. The Kier molecular flexibility index (Phi) is 1.50. The van der Waals surface area contributed by atoms with Crippen LogP contribution in [0.2, 0.25) is 0 Å². The van der Waals surface area contributed by atoms with E-state index in [2.05, 4.69) is 4.98 Å². The van der Waals surface area contributed by atoms with Crippen molar-refractivity contribution in [1.82, 2.24) is 4.98 Å². The second kappa shape index (κ2) is 2.52. The molecule has 0 amide bonds. The van der Waals surface area contributed by atoms with Gasteiger partial charge in [-0.25, -0.2) is 8.78 Å². The van der Waals surface area contributed by atoms with Gasteiger partial charge in [-0.3, -0.25) is 4.98 Å². The second-order valence-corrected chi connectivity index (χ2v) is 2.48. The van der Waals surface area contributed by atoms with Gasteiger partial charge in [0.15, 0.2) is 0 Å². The van der Waals surface area contributed by atoms with Crippen LogP contribution in [-0.4, -0.2) is 4.98 Å². The molecule has 0 spiro atoms. The Morgan fingerprint density at radius 2 is 2.00 bits per heavy atom. The molecule has 0 aliphatic carbocycles. The molecule has 0 saturated carbocycles. The van der Waals surface area contributed by atoms with E-state index in [4.69, 9.17) is 0 Å². The van der Waals surface area contributed by atoms with Gasteiger partial charge in [0.1, 0.15) is 11.6 Å². The number of fused-ring (bicyclic) bond motifs is 1. The molecule has 60 valence electrons. The SMILES string of the molecule is Fc1cc(F)c2cnccc2c1. The highest BCUT2D eigenvalue weighted by atomic mass is 19.1. The summed E-state index contributed by atoms with van der Waals surface area (Å²) >= 11 is 0. The van der Waals surface area contributed by atoms with Crippen LogP contribution in [0.5, 0.6) is 0 Å². The fraction of sp³-hybridized carbons (Fsp3) is 0. The summed E-state index contributed by atoms with van der Waals surface area (Å²) in [5, 5.41) is 0.876. The Bertz CT molecular complexity index is 426. The summed E-state index contributed by atoms with van der Waals surface area (Å²) in [5.41, 5.74) is 0. The number of aromatic nitrogens is 1. The Morgan fingerprint density at radius 3 is 2.83 bits per heavy atom. The summed E-state index contributed by atoms with van der Waals surface area (Å²) in [6, 6.07) is 3.70. The number of halogens is 2. The lowest BCUT2D eigenvalue weighted by molar-refractivity contribution is 0.592. The Labute approximate surface area is 67.7 Å². The quantitative estimate of drug-likeness (QED) is 0.584. The van der Waals surface area contributed by atoms with Crippen LogP contribution in [0.15, 0.2) is 30.6 Å². The van der Waals surface area contributed by atoms with Crippen LogP contribution in [0.4, 0.5) is 8.78 Å². The molecular formula is C9H5F2N. The van der Waals surface area contributed by atoms with Crippen molar-refractivity contribution in [3.05, 3.63) is 42.2 Å². The zero-order valence-electron chi connectivity index (χ0n) is 6.09. The number of hydrogen-bond donors (Lipinski definition) is 0. The first-order valence-corrected chi connectivity index (χ1v) is 3.46. The molecule has 1 heterocycles. The van der Waals surface area contributed by atoms with E-state index in [-0.39, 0.29) is 0 Å². The first-order chi connectivity index (χ1) is 5.77. The van der Waals surface area contributed by atoms with Crippen LogP contribution in [0.1, 0.15) is 0 Å². The van der Waals surface area contributed by atoms with Gasteiger partial charge in [0.25, 0.3) is 0 Å². The maximum atomic E-state index is 13.0. The van der Waals surface area contributed by atoms with Gasteiger partial charge in [-0.2, -0.15) is 0 Å². The first kappa shape index (κ1) is 7.16. The topological polar surface area (TPSA) is 12.9 Å². The van der Waals surface area contributed by atoms with E-state index in [0.717, 1.165) is 6.07 Å². The van der Waals surface area contributed by atoms with E-state index >= 15 is 0 Å². The molecule has 1 aromatic heterocycles. The third-order valence-electron chi connectivity index (χ3n) is 1.67. The van der Waals surface area contributed by atoms with Crippen molar-refractivity contribution in [3.8, 4) is 0 Å². The summed E-state index contributed by atoms with van der Waals surface area (Å²) in [6.45, 7) is 0. The van der Waals surface area contributed by atoms with Crippen molar-refractivity contribution >= 4 is 10.8 Å². The van der Waals surface area contributed by atoms with E-state index in [0.29, 0.717) is 10.8 Å². The number of benzene rings is 1. The molecule has 2 rings (SSSR count). The third kappa shape index (κ3) is 1.03. The average Bonchev–Trinajstić information content (AvgIpc) is 2.04. The van der Waals surface area contributed by atoms with Gasteiger partial charge in [-0.1, -0.05) is 0 Å². The van der Waals surface area contributed by atoms with Gasteiger partial charge in [0.05, 0.1) is 0 Å².